The second-order valence-corrected chi connectivity index (χ2v) is 6.92. The molecule has 1 saturated heterocycles. The maximum absolute atomic E-state index is 12.0. The Balaban J connectivity index is 2.58. The summed E-state index contributed by atoms with van der Waals surface area (Å²) in [5.41, 5.74) is 3.07. The van der Waals surface area contributed by atoms with E-state index in [1.807, 2.05) is 25.1 Å². The summed E-state index contributed by atoms with van der Waals surface area (Å²) >= 11 is 0. The Labute approximate surface area is 104 Å². The first-order valence-corrected chi connectivity index (χ1v) is 7.64. The average molecular weight is 253 g/mol. The van der Waals surface area contributed by atoms with Gasteiger partial charge >= 0.3 is 0 Å². The molecule has 0 bridgehead atoms. The molecule has 0 aromatic heterocycles. The van der Waals surface area contributed by atoms with Gasteiger partial charge in [0.15, 0.2) is 0 Å². The van der Waals surface area contributed by atoms with Gasteiger partial charge in [-0.05, 0) is 30.4 Å². The lowest BCUT2D eigenvalue weighted by Crippen LogP contribution is -2.27. The van der Waals surface area contributed by atoms with E-state index in [4.69, 9.17) is 0 Å². The van der Waals surface area contributed by atoms with E-state index in [0.717, 1.165) is 23.2 Å². The van der Waals surface area contributed by atoms with Crippen LogP contribution in [-0.4, -0.2) is 20.7 Å². The predicted molar refractivity (Wildman–Crippen MR) is 71.0 cm³/mol. The van der Waals surface area contributed by atoms with Gasteiger partial charge in [-0.1, -0.05) is 32.0 Å². The molecular weight excluding hydrogens is 234 g/mol. The van der Waals surface area contributed by atoms with Crippen LogP contribution < -0.4 is 4.31 Å². The fraction of sp³-hybridized carbons (Fsp3) is 0.538. The van der Waals surface area contributed by atoms with Gasteiger partial charge in [-0.2, -0.15) is 0 Å². The molecule has 3 nitrogen and oxygen atoms in total. The van der Waals surface area contributed by atoms with Crippen molar-refractivity contribution in [2.24, 2.45) is 0 Å². The zero-order valence-corrected chi connectivity index (χ0v) is 11.4. The topological polar surface area (TPSA) is 37.4 Å². The summed E-state index contributed by atoms with van der Waals surface area (Å²) in [6.45, 7) is 6.80. The van der Waals surface area contributed by atoms with Crippen LogP contribution >= 0.6 is 0 Å². The van der Waals surface area contributed by atoms with Crippen molar-refractivity contribution in [1.29, 1.82) is 0 Å². The number of rotatable bonds is 2. The molecule has 1 fully saturated rings. The maximum atomic E-state index is 12.0. The molecule has 1 aromatic rings. The molecule has 1 heterocycles. The third-order valence-electron chi connectivity index (χ3n) is 3.24. The molecule has 2 rings (SSSR count). The smallest absolute Gasteiger partial charge is 0.235 e. The molecule has 0 atom stereocenters. The lowest BCUT2D eigenvalue weighted by molar-refractivity contribution is 0.599. The minimum absolute atomic E-state index is 0.277. The Morgan fingerprint density at radius 3 is 2.53 bits per heavy atom. The third kappa shape index (κ3) is 2.18. The van der Waals surface area contributed by atoms with Crippen molar-refractivity contribution in [3.63, 3.8) is 0 Å². The number of aryl methyl sites for hydroxylation is 1. The summed E-state index contributed by atoms with van der Waals surface area (Å²) in [4.78, 5) is 0. The minimum atomic E-state index is -3.09. The largest absolute Gasteiger partial charge is 0.270 e. The van der Waals surface area contributed by atoms with Gasteiger partial charge in [-0.25, -0.2) is 8.42 Å². The molecule has 0 spiro atoms. The van der Waals surface area contributed by atoms with Gasteiger partial charge in [0, 0.05) is 6.54 Å². The molecule has 0 N–H and O–H groups in total. The molecule has 0 amide bonds. The summed E-state index contributed by atoms with van der Waals surface area (Å²) in [6.07, 6.45) is 0.730. The molecule has 1 aliphatic heterocycles. The van der Waals surface area contributed by atoms with E-state index < -0.39 is 10.0 Å². The van der Waals surface area contributed by atoms with E-state index in [-0.39, 0.29) is 5.75 Å². The highest BCUT2D eigenvalue weighted by atomic mass is 32.2. The molecule has 4 heteroatoms. The summed E-state index contributed by atoms with van der Waals surface area (Å²) in [6, 6.07) is 6.01. The van der Waals surface area contributed by atoms with Crippen LogP contribution in [0, 0.1) is 6.92 Å². The molecule has 0 unspecified atom stereocenters. The van der Waals surface area contributed by atoms with Crippen molar-refractivity contribution >= 4 is 15.7 Å². The predicted octanol–water partition coefficient (Wildman–Crippen LogP) is 2.66. The van der Waals surface area contributed by atoms with Gasteiger partial charge in [0.1, 0.15) is 0 Å². The van der Waals surface area contributed by atoms with Crippen LogP contribution in [0.3, 0.4) is 0 Å². The number of benzene rings is 1. The van der Waals surface area contributed by atoms with Crippen LogP contribution in [0.15, 0.2) is 18.2 Å². The van der Waals surface area contributed by atoms with Gasteiger partial charge in [-0.15, -0.1) is 0 Å². The molecule has 94 valence electrons. The van der Waals surface area contributed by atoms with Gasteiger partial charge in [-0.3, -0.25) is 4.31 Å². The van der Waals surface area contributed by atoms with Crippen LogP contribution in [0.25, 0.3) is 0 Å². The molecule has 1 aliphatic rings. The van der Waals surface area contributed by atoms with E-state index in [2.05, 4.69) is 13.8 Å². The third-order valence-corrected chi connectivity index (χ3v) is 5.08. The van der Waals surface area contributed by atoms with Crippen LogP contribution in [0.5, 0.6) is 0 Å². The molecule has 1 aromatic carbocycles. The van der Waals surface area contributed by atoms with Crippen molar-refractivity contribution in [1.82, 2.24) is 0 Å². The standard InChI is InChI=1S/C13H19NO2S/c1-10(2)12-7-4-6-11(3)13(12)14-8-5-9-17(14,15)16/h4,6-7,10H,5,8-9H2,1-3H3. The highest BCUT2D eigenvalue weighted by Crippen LogP contribution is 2.34. The van der Waals surface area contributed by atoms with Gasteiger partial charge in [0.25, 0.3) is 0 Å². The summed E-state index contributed by atoms with van der Waals surface area (Å²) in [5.74, 6) is 0.611. The Hall–Kier alpha value is -1.03. The number of nitrogens with zero attached hydrogens (tertiary/aromatic N) is 1. The van der Waals surface area contributed by atoms with E-state index in [1.165, 1.54) is 0 Å². The summed E-state index contributed by atoms with van der Waals surface area (Å²) < 4.78 is 25.6. The lowest BCUT2D eigenvalue weighted by Gasteiger charge is -2.24. The number of hydrogen-bond acceptors (Lipinski definition) is 2. The second kappa shape index (κ2) is 4.33. The number of hydrogen-bond donors (Lipinski definition) is 0. The first-order chi connectivity index (χ1) is 7.93. The SMILES string of the molecule is Cc1cccc(C(C)C)c1N1CCCS1(=O)=O. The number of sulfonamides is 1. The first kappa shape index (κ1) is 12.4. The van der Waals surface area contributed by atoms with Crippen LogP contribution in [0.1, 0.15) is 37.3 Å². The van der Waals surface area contributed by atoms with E-state index in [0.29, 0.717) is 12.5 Å². The Morgan fingerprint density at radius 1 is 1.29 bits per heavy atom. The molecule has 17 heavy (non-hydrogen) atoms. The van der Waals surface area contributed by atoms with Crippen LogP contribution in [-0.2, 0) is 10.0 Å². The summed E-state index contributed by atoms with van der Waals surface area (Å²) in [5, 5.41) is 0. The minimum Gasteiger partial charge on any atom is -0.270 e. The summed E-state index contributed by atoms with van der Waals surface area (Å²) in [7, 11) is -3.09. The van der Waals surface area contributed by atoms with Crippen molar-refractivity contribution in [2.45, 2.75) is 33.1 Å². The fourth-order valence-corrected chi connectivity index (χ4v) is 4.03. The van der Waals surface area contributed by atoms with E-state index >= 15 is 0 Å². The highest BCUT2D eigenvalue weighted by Gasteiger charge is 2.31. The van der Waals surface area contributed by atoms with Crippen molar-refractivity contribution < 1.29 is 8.42 Å². The molecule has 0 saturated carbocycles. The van der Waals surface area contributed by atoms with E-state index in [9.17, 15) is 8.42 Å². The monoisotopic (exact) mass is 253 g/mol. The van der Waals surface area contributed by atoms with Gasteiger partial charge in [0.2, 0.25) is 10.0 Å². The van der Waals surface area contributed by atoms with Gasteiger partial charge < -0.3 is 0 Å². The Bertz CT molecular complexity index is 520. The van der Waals surface area contributed by atoms with E-state index in [1.54, 1.807) is 4.31 Å². The molecular formula is C13H19NO2S. The maximum Gasteiger partial charge on any atom is 0.235 e. The number of para-hydroxylation sites is 1. The first-order valence-electron chi connectivity index (χ1n) is 6.03. The van der Waals surface area contributed by atoms with Crippen molar-refractivity contribution in [3.8, 4) is 0 Å². The zero-order chi connectivity index (χ0) is 12.6. The van der Waals surface area contributed by atoms with Crippen LogP contribution in [0.4, 0.5) is 5.69 Å². The van der Waals surface area contributed by atoms with Crippen LogP contribution in [0.2, 0.25) is 0 Å². The number of anilines is 1. The van der Waals surface area contributed by atoms with Crippen molar-refractivity contribution in [3.05, 3.63) is 29.3 Å². The van der Waals surface area contributed by atoms with Gasteiger partial charge in [0.05, 0.1) is 11.4 Å². The van der Waals surface area contributed by atoms with Crippen molar-refractivity contribution in [2.75, 3.05) is 16.6 Å². The average Bonchev–Trinajstić information content (AvgIpc) is 2.57. The zero-order valence-electron chi connectivity index (χ0n) is 10.6. The normalized spacial score (nSPS) is 18.9. The molecule has 0 radical (unpaired) electrons. The second-order valence-electron chi connectivity index (χ2n) is 4.91. The fourth-order valence-electron chi connectivity index (χ4n) is 2.38. The molecule has 0 aliphatic carbocycles. The lowest BCUT2D eigenvalue weighted by atomic mass is 9.98. The quantitative estimate of drug-likeness (QED) is 0.812. The Kier molecular flexibility index (Phi) is 3.17. The Morgan fingerprint density at radius 2 is 2.00 bits per heavy atom. The highest BCUT2D eigenvalue weighted by molar-refractivity contribution is 7.93.